The average molecular weight is 475 g/mol. The van der Waals surface area contributed by atoms with E-state index in [-0.39, 0.29) is 34.5 Å². The summed E-state index contributed by atoms with van der Waals surface area (Å²) < 4.78 is 5.46. The number of non-ortho nitro benzene ring substituents is 1. The largest absolute Gasteiger partial charge is 0.422 e. The summed E-state index contributed by atoms with van der Waals surface area (Å²) in [6.45, 7) is 0. The number of urea groups is 1. The fourth-order valence-corrected chi connectivity index (χ4v) is 5.23. The quantitative estimate of drug-likeness (QED) is 0.175. The van der Waals surface area contributed by atoms with Crippen LogP contribution in [0.15, 0.2) is 54.1 Å². The molecule has 3 aliphatic rings. The van der Waals surface area contributed by atoms with Crippen molar-refractivity contribution in [1.29, 1.82) is 0 Å². The van der Waals surface area contributed by atoms with Crippen LogP contribution in [0.3, 0.4) is 0 Å². The van der Waals surface area contributed by atoms with Crippen LogP contribution in [0, 0.1) is 22.0 Å². The van der Waals surface area contributed by atoms with E-state index in [1.54, 1.807) is 18.2 Å². The third-order valence-electron chi connectivity index (χ3n) is 6.90. The molecule has 1 N–H and O–H groups in total. The number of nitrogens with one attached hydrogen (secondary N) is 1. The molecule has 178 valence electrons. The van der Waals surface area contributed by atoms with Crippen LogP contribution in [-0.4, -0.2) is 39.7 Å². The lowest BCUT2D eigenvalue weighted by Gasteiger charge is -2.35. The van der Waals surface area contributed by atoms with Gasteiger partial charge in [-0.15, -0.1) is 0 Å². The van der Waals surface area contributed by atoms with Gasteiger partial charge in [0.05, 0.1) is 10.5 Å². The van der Waals surface area contributed by atoms with Gasteiger partial charge in [-0.05, 0) is 55.4 Å². The first-order chi connectivity index (χ1) is 16.8. The van der Waals surface area contributed by atoms with Gasteiger partial charge in [0.1, 0.15) is 11.3 Å². The highest BCUT2D eigenvalue weighted by Crippen LogP contribution is 2.47. The lowest BCUT2D eigenvalue weighted by molar-refractivity contribution is -0.384. The molecule has 2 aromatic rings. The van der Waals surface area contributed by atoms with E-state index < -0.39 is 28.7 Å². The van der Waals surface area contributed by atoms with Gasteiger partial charge in [0, 0.05) is 23.7 Å². The highest BCUT2D eigenvalue weighted by molar-refractivity contribution is 6.31. The summed E-state index contributed by atoms with van der Waals surface area (Å²) in [6.07, 6.45) is 5.09. The molecule has 5 rings (SSSR count). The summed E-state index contributed by atoms with van der Waals surface area (Å²) in [5.74, 6) is -1.39. The van der Waals surface area contributed by atoms with Gasteiger partial charge in [-0.25, -0.2) is 9.59 Å². The second kappa shape index (κ2) is 8.79. The van der Waals surface area contributed by atoms with Gasteiger partial charge < -0.3 is 4.74 Å². The van der Waals surface area contributed by atoms with Crippen molar-refractivity contribution in [2.45, 2.75) is 31.7 Å². The van der Waals surface area contributed by atoms with E-state index in [0.717, 1.165) is 25.7 Å². The third kappa shape index (κ3) is 4.18. The molecule has 4 amide bonds. The molecule has 2 bridgehead atoms. The van der Waals surface area contributed by atoms with Crippen LogP contribution in [0.25, 0.3) is 6.08 Å². The van der Waals surface area contributed by atoms with Gasteiger partial charge in [-0.3, -0.25) is 29.9 Å². The predicted octanol–water partition coefficient (Wildman–Crippen LogP) is 3.46. The number of nitro benzene ring substituents is 1. The second-order valence-electron chi connectivity index (χ2n) is 8.97. The molecule has 1 saturated heterocycles. The SMILES string of the molecule is O=C1NC(=O)N([C@H]2C[C@H]3CC[C@H]2C3)C(=O)/C1=C\c1ccccc1OC(=O)c1ccc([N+](=O)[O-])cc1. The Morgan fingerprint density at radius 3 is 2.46 bits per heavy atom. The van der Waals surface area contributed by atoms with Crippen LogP contribution in [0.4, 0.5) is 10.5 Å². The number of carbonyl (C=O) groups is 4. The summed E-state index contributed by atoms with van der Waals surface area (Å²) in [7, 11) is 0. The maximum absolute atomic E-state index is 13.3. The number of hydrogen-bond donors (Lipinski definition) is 1. The fourth-order valence-electron chi connectivity index (χ4n) is 5.23. The number of imide groups is 2. The Balaban J connectivity index is 1.40. The number of barbiturate groups is 1. The number of rotatable bonds is 5. The van der Waals surface area contributed by atoms with Crippen molar-refractivity contribution in [3.8, 4) is 5.75 Å². The Labute approximate surface area is 199 Å². The number of hydrogen-bond acceptors (Lipinski definition) is 7. The van der Waals surface area contributed by atoms with Crippen LogP contribution in [0.1, 0.15) is 41.6 Å². The highest BCUT2D eigenvalue weighted by Gasteiger charge is 2.49. The van der Waals surface area contributed by atoms with Crippen LogP contribution in [-0.2, 0) is 9.59 Å². The Morgan fingerprint density at radius 1 is 1.06 bits per heavy atom. The molecule has 2 aromatic carbocycles. The first-order valence-electron chi connectivity index (χ1n) is 11.3. The summed E-state index contributed by atoms with van der Waals surface area (Å²) in [5.41, 5.74) is 0.00963. The number of nitro groups is 1. The molecule has 10 heteroatoms. The number of esters is 1. The first-order valence-corrected chi connectivity index (χ1v) is 11.3. The van der Waals surface area contributed by atoms with Crippen LogP contribution in [0.2, 0.25) is 0 Å². The topological polar surface area (TPSA) is 136 Å². The molecular formula is C25H21N3O7. The summed E-state index contributed by atoms with van der Waals surface area (Å²) >= 11 is 0. The molecule has 3 atom stereocenters. The number of ether oxygens (including phenoxy) is 1. The van der Waals surface area contributed by atoms with E-state index in [2.05, 4.69) is 5.32 Å². The molecule has 0 aromatic heterocycles. The van der Waals surface area contributed by atoms with E-state index in [1.807, 2.05) is 0 Å². The van der Waals surface area contributed by atoms with Gasteiger partial charge in [0.25, 0.3) is 17.5 Å². The van der Waals surface area contributed by atoms with E-state index in [4.69, 9.17) is 4.74 Å². The van der Waals surface area contributed by atoms with Crippen LogP contribution in [0.5, 0.6) is 5.75 Å². The smallest absolute Gasteiger partial charge is 0.343 e. The number of nitrogens with zero attached hydrogens (tertiary/aromatic N) is 2. The molecule has 0 unspecified atom stereocenters. The monoisotopic (exact) mass is 475 g/mol. The van der Waals surface area contributed by atoms with Gasteiger partial charge in [-0.2, -0.15) is 0 Å². The van der Waals surface area contributed by atoms with Crippen molar-refractivity contribution in [3.05, 3.63) is 75.3 Å². The minimum absolute atomic E-state index is 0.0901. The van der Waals surface area contributed by atoms with Crippen molar-refractivity contribution < 1.29 is 28.8 Å². The van der Waals surface area contributed by atoms with Crippen molar-refractivity contribution in [1.82, 2.24) is 10.2 Å². The minimum atomic E-state index is -0.809. The van der Waals surface area contributed by atoms with E-state index in [9.17, 15) is 29.3 Å². The maximum Gasteiger partial charge on any atom is 0.343 e. The molecule has 3 fully saturated rings. The lowest BCUT2D eigenvalue weighted by atomic mass is 9.93. The van der Waals surface area contributed by atoms with E-state index in [0.29, 0.717) is 11.5 Å². The molecule has 10 nitrogen and oxygen atoms in total. The van der Waals surface area contributed by atoms with Gasteiger partial charge in [0.15, 0.2) is 0 Å². The van der Waals surface area contributed by atoms with Gasteiger partial charge in [0.2, 0.25) is 0 Å². The second-order valence-corrected chi connectivity index (χ2v) is 8.97. The molecule has 35 heavy (non-hydrogen) atoms. The molecule has 0 radical (unpaired) electrons. The molecule has 1 aliphatic heterocycles. The zero-order valence-corrected chi connectivity index (χ0v) is 18.5. The van der Waals surface area contributed by atoms with Crippen molar-refractivity contribution in [3.63, 3.8) is 0 Å². The van der Waals surface area contributed by atoms with E-state index >= 15 is 0 Å². The predicted molar refractivity (Wildman–Crippen MR) is 122 cm³/mol. The summed E-state index contributed by atoms with van der Waals surface area (Å²) in [6, 6.07) is 10.4. The van der Waals surface area contributed by atoms with Crippen LogP contribution >= 0.6 is 0 Å². The van der Waals surface area contributed by atoms with Gasteiger partial charge >= 0.3 is 12.0 Å². The molecule has 0 spiro atoms. The number of para-hydroxylation sites is 1. The normalized spacial score (nSPS) is 24.6. The highest BCUT2D eigenvalue weighted by atomic mass is 16.6. The third-order valence-corrected chi connectivity index (χ3v) is 6.90. The van der Waals surface area contributed by atoms with E-state index in [1.165, 1.54) is 41.3 Å². The zero-order valence-electron chi connectivity index (χ0n) is 18.5. The molecule has 1 heterocycles. The fraction of sp³-hybridized carbons (Fsp3) is 0.280. The Kier molecular flexibility index (Phi) is 5.64. The number of amides is 4. The molecular weight excluding hydrogens is 454 g/mol. The lowest BCUT2D eigenvalue weighted by Crippen LogP contribution is -2.58. The first kappa shape index (κ1) is 22.5. The Hall–Kier alpha value is -4.34. The average Bonchev–Trinajstić information content (AvgIpc) is 3.46. The Morgan fingerprint density at radius 2 is 1.80 bits per heavy atom. The Bertz CT molecular complexity index is 1280. The minimum Gasteiger partial charge on any atom is -0.422 e. The molecule has 2 aliphatic carbocycles. The number of benzene rings is 2. The number of carbonyl (C=O) groups excluding carboxylic acids is 4. The molecule has 2 saturated carbocycles. The maximum atomic E-state index is 13.3. The standard InChI is InChI=1S/C25H21N3O7/c29-22-19(23(30)27(25(32)26-22)20-12-14-5-6-16(20)11-14)13-17-3-1-2-4-21(17)35-24(31)15-7-9-18(10-8-15)28(33)34/h1-4,7-10,13-14,16,20H,5-6,11-12H2,(H,26,29,32)/b19-13-/t14-,16-,20-/m0/s1. The summed E-state index contributed by atoms with van der Waals surface area (Å²) in [4.78, 5) is 62.4. The van der Waals surface area contributed by atoms with Crippen molar-refractivity contribution >= 4 is 35.6 Å². The number of fused-ring (bicyclic) bond motifs is 2. The zero-order chi connectivity index (χ0) is 24.7. The van der Waals surface area contributed by atoms with Crippen LogP contribution < -0.4 is 10.1 Å². The van der Waals surface area contributed by atoms with Gasteiger partial charge in [-0.1, -0.05) is 24.6 Å². The van der Waals surface area contributed by atoms with Crippen molar-refractivity contribution in [2.24, 2.45) is 11.8 Å². The summed E-state index contributed by atoms with van der Waals surface area (Å²) in [5, 5.41) is 13.1. The van der Waals surface area contributed by atoms with Crippen molar-refractivity contribution in [2.75, 3.05) is 0 Å².